The number of hydrogen-bond acceptors (Lipinski definition) is 6. The van der Waals surface area contributed by atoms with Crippen LogP contribution in [0.1, 0.15) is 40.5 Å². The third kappa shape index (κ3) is 12.4. The van der Waals surface area contributed by atoms with Crippen molar-refractivity contribution in [1.29, 1.82) is 0 Å². The number of likely N-dealkylation sites (N-methyl/N-ethyl adjacent to an activating group) is 3. The quantitative estimate of drug-likeness (QED) is 0.318. The van der Waals surface area contributed by atoms with E-state index in [2.05, 4.69) is 10.6 Å². The van der Waals surface area contributed by atoms with Gasteiger partial charge < -0.3 is 30.1 Å². The summed E-state index contributed by atoms with van der Waals surface area (Å²) < 4.78 is 5.15. The van der Waals surface area contributed by atoms with E-state index in [4.69, 9.17) is 4.74 Å². The van der Waals surface area contributed by atoms with Crippen molar-refractivity contribution in [2.45, 2.75) is 52.2 Å². The zero-order valence-electron chi connectivity index (χ0n) is 19.7. The molecule has 5 amide bonds. The van der Waals surface area contributed by atoms with Crippen molar-refractivity contribution in [3.63, 3.8) is 0 Å². The van der Waals surface area contributed by atoms with Crippen LogP contribution in [-0.4, -0.2) is 104 Å². The van der Waals surface area contributed by atoms with Gasteiger partial charge in [0.1, 0.15) is 11.6 Å². The minimum atomic E-state index is -0.905. The lowest BCUT2D eigenvalue weighted by molar-refractivity contribution is -0.141. The molecule has 31 heavy (non-hydrogen) atoms. The molecule has 2 N–H and O–H groups in total. The van der Waals surface area contributed by atoms with E-state index in [0.29, 0.717) is 19.4 Å². The van der Waals surface area contributed by atoms with Gasteiger partial charge in [-0.3, -0.25) is 19.2 Å². The van der Waals surface area contributed by atoms with Crippen molar-refractivity contribution >= 4 is 30.2 Å². The van der Waals surface area contributed by atoms with Gasteiger partial charge in [0.05, 0.1) is 13.1 Å². The Balaban J connectivity index is 4.97. The van der Waals surface area contributed by atoms with E-state index in [0.717, 1.165) is 4.90 Å². The fourth-order valence-electron chi connectivity index (χ4n) is 2.42. The monoisotopic (exact) mass is 443 g/mol. The molecule has 0 aliphatic rings. The molecule has 178 valence electrons. The van der Waals surface area contributed by atoms with E-state index in [1.807, 2.05) is 6.92 Å². The van der Waals surface area contributed by atoms with Crippen molar-refractivity contribution in [2.24, 2.45) is 0 Å². The highest BCUT2D eigenvalue weighted by Gasteiger charge is 2.26. The molecule has 0 aromatic heterocycles. The van der Waals surface area contributed by atoms with Crippen LogP contribution in [0.15, 0.2) is 0 Å². The number of nitrogens with zero attached hydrogens (tertiary/aromatic N) is 3. The third-order valence-corrected chi connectivity index (χ3v) is 4.19. The number of hydrogen-bond donors (Lipinski definition) is 2. The largest absolute Gasteiger partial charge is 0.444 e. The molecule has 0 saturated carbocycles. The summed E-state index contributed by atoms with van der Waals surface area (Å²) in [5, 5.41) is 5.20. The number of amides is 5. The predicted molar refractivity (Wildman–Crippen MR) is 115 cm³/mol. The lowest BCUT2D eigenvalue weighted by Gasteiger charge is -2.26. The summed E-state index contributed by atoms with van der Waals surface area (Å²) in [7, 11) is 4.57. The summed E-state index contributed by atoms with van der Waals surface area (Å²) in [6.45, 7) is 7.49. The molecule has 11 nitrogen and oxygen atoms in total. The first-order chi connectivity index (χ1) is 14.3. The Morgan fingerprint density at radius 3 is 2.16 bits per heavy atom. The highest BCUT2D eigenvalue weighted by molar-refractivity contribution is 5.91. The molecule has 0 aromatic carbocycles. The molecule has 1 atom stereocenters. The molecule has 0 bridgehead atoms. The van der Waals surface area contributed by atoms with Crippen LogP contribution in [0.5, 0.6) is 0 Å². The van der Waals surface area contributed by atoms with E-state index < -0.39 is 29.6 Å². The highest BCUT2D eigenvalue weighted by Crippen LogP contribution is 2.07. The first-order valence-corrected chi connectivity index (χ1v) is 10.2. The van der Waals surface area contributed by atoms with Crippen molar-refractivity contribution in [3.8, 4) is 0 Å². The van der Waals surface area contributed by atoms with Gasteiger partial charge in [0.25, 0.3) is 0 Å². The lowest BCUT2D eigenvalue weighted by Crippen LogP contribution is -2.51. The van der Waals surface area contributed by atoms with Crippen LogP contribution in [0.25, 0.3) is 0 Å². The molecule has 11 heteroatoms. The van der Waals surface area contributed by atoms with Gasteiger partial charge in [-0.2, -0.15) is 0 Å². The summed E-state index contributed by atoms with van der Waals surface area (Å²) >= 11 is 0. The Morgan fingerprint density at radius 1 is 1.03 bits per heavy atom. The van der Waals surface area contributed by atoms with E-state index in [-0.39, 0.29) is 32.0 Å². The van der Waals surface area contributed by atoms with Crippen LogP contribution < -0.4 is 10.6 Å². The summed E-state index contributed by atoms with van der Waals surface area (Å²) in [5.41, 5.74) is -0.623. The van der Waals surface area contributed by atoms with Crippen LogP contribution >= 0.6 is 0 Å². The Labute approximate surface area is 184 Å². The average molecular weight is 444 g/mol. The Morgan fingerprint density at radius 2 is 1.65 bits per heavy atom. The number of ether oxygens (including phenoxy) is 1. The lowest BCUT2D eigenvalue weighted by atomic mass is 10.1. The molecule has 0 rings (SSSR count). The fourth-order valence-corrected chi connectivity index (χ4v) is 2.42. The number of alkyl carbamates (subject to hydrolysis) is 1. The SMILES string of the molecule is CCN(C)C(=O)CN(C)C(=O)C(CCCNC(=O)OC(C)(C)C)NC(=O)CN(C)C=O. The van der Waals surface area contributed by atoms with Gasteiger partial charge in [-0.25, -0.2) is 4.79 Å². The smallest absolute Gasteiger partial charge is 0.407 e. The summed E-state index contributed by atoms with van der Waals surface area (Å²) in [5.74, 6) is -1.16. The maximum absolute atomic E-state index is 12.8. The van der Waals surface area contributed by atoms with Gasteiger partial charge >= 0.3 is 6.09 Å². The van der Waals surface area contributed by atoms with E-state index in [1.54, 1.807) is 27.8 Å². The first kappa shape index (κ1) is 28.1. The Hall–Kier alpha value is -2.85. The zero-order chi connectivity index (χ0) is 24.2. The van der Waals surface area contributed by atoms with E-state index in [9.17, 15) is 24.0 Å². The third-order valence-electron chi connectivity index (χ3n) is 4.19. The van der Waals surface area contributed by atoms with E-state index >= 15 is 0 Å². The molecule has 1 unspecified atom stereocenters. The molecule has 0 aromatic rings. The van der Waals surface area contributed by atoms with Crippen molar-refractivity contribution in [2.75, 3.05) is 47.3 Å². The van der Waals surface area contributed by atoms with Gasteiger partial charge in [-0.1, -0.05) is 0 Å². The van der Waals surface area contributed by atoms with Crippen molar-refractivity contribution in [1.82, 2.24) is 25.3 Å². The first-order valence-electron chi connectivity index (χ1n) is 10.2. The molecular weight excluding hydrogens is 406 g/mol. The minimum absolute atomic E-state index is 0.125. The summed E-state index contributed by atoms with van der Waals surface area (Å²) in [4.78, 5) is 63.5. The Kier molecular flexibility index (Phi) is 12.2. The molecule has 0 spiro atoms. The maximum Gasteiger partial charge on any atom is 0.407 e. The normalized spacial score (nSPS) is 11.7. The molecule has 0 radical (unpaired) electrons. The van der Waals surface area contributed by atoms with Gasteiger partial charge in [-0.05, 0) is 40.5 Å². The second kappa shape index (κ2) is 13.5. The molecule has 0 heterocycles. The standard InChI is InChI=1S/C20H37N5O6/c1-8-24(6)17(28)13-25(7)18(29)15(22-16(27)12-23(5)14-26)10-9-11-21-19(30)31-20(2,3)4/h14-15H,8-13H2,1-7H3,(H,21,30)(H,22,27). The van der Waals surface area contributed by atoms with Gasteiger partial charge in [0.15, 0.2) is 0 Å². The van der Waals surface area contributed by atoms with Crippen LogP contribution in [0.4, 0.5) is 4.79 Å². The van der Waals surface area contributed by atoms with Crippen molar-refractivity contribution < 1.29 is 28.7 Å². The number of nitrogens with one attached hydrogen (secondary N) is 2. The summed E-state index contributed by atoms with van der Waals surface area (Å²) in [6.07, 6.45) is 0.549. The van der Waals surface area contributed by atoms with Gasteiger partial charge in [0, 0.05) is 34.2 Å². The molecule has 0 fully saturated rings. The molecule has 0 aliphatic heterocycles. The topological polar surface area (TPSA) is 128 Å². The number of carbonyl (C=O) groups is 5. The van der Waals surface area contributed by atoms with E-state index in [1.165, 1.54) is 23.9 Å². The second-order valence-corrected chi connectivity index (χ2v) is 8.31. The van der Waals surface area contributed by atoms with Gasteiger partial charge in [0.2, 0.25) is 24.1 Å². The van der Waals surface area contributed by atoms with Crippen LogP contribution in [-0.2, 0) is 23.9 Å². The van der Waals surface area contributed by atoms with Gasteiger partial charge in [-0.15, -0.1) is 0 Å². The Bertz CT molecular complexity index is 634. The molecule has 0 saturated heterocycles. The molecular formula is C20H37N5O6. The number of rotatable bonds is 12. The van der Waals surface area contributed by atoms with Crippen LogP contribution in [0.2, 0.25) is 0 Å². The fraction of sp³-hybridized carbons (Fsp3) is 0.750. The summed E-state index contributed by atoms with van der Waals surface area (Å²) in [6, 6.07) is -0.905. The van der Waals surface area contributed by atoms with Crippen LogP contribution in [0.3, 0.4) is 0 Å². The maximum atomic E-state index is 12.8. The minimum Gasteiger partial charge on any atom is -0.444 e. The highest BCUT2D eigenvalue weighted by atomic mass is 16.6. The second-order valence-electron chi connectivity index (χ2n) is 8.31. The predicted octanol–water partition coefficient (Wildman–Crippen LogP) is -0.199. The molecule has 0 aliphatic carbocycles. The van der Waals surface area contributed by atoms with Crippen molar-refractivity contribution in [3.05, 3.63) is 0 Å². The number of carbonyl (C=O) groups excluding carboxylic acids is 5. The average Bonchev–Trinajstić information content (AvgIpc) is 2.67. The van der Waals surface area contributed by atoms with Crippen LogP contribution in [0, 0.1) is 0 Å². The zero-order valence-corrected chi connectivity index (χ0v) is 19.7.